The highest BCUT2D eigenvalue weighted by atomic mass is 16.5. The van der Waals surface area contributed by atoms with Gasteiger partial charge < -0.3 is 20.9 Å². The van der Waals surface area contributed by atoms with Gasteiger partial charge in [-0.25, -0.2) is 4.79 Å². The normalized spacial score (nSPS) is 13.0. The van der Waals surface area contributed by atoms with E-state index < -0.39 is 18.1 Å². The Labute approximate surface area is 134 Å². The van der Waals surface area contributed by atoms with Gasteiger partial charge >= 0.3 is 12.1 Å². The lowest BCUT2D eigenvalue weighted by atomic mass is 9.97. The van der Waals surface area contributed by atoms with E-state index in [4.69, 9.17) is 15.6 Å². The van der Waals surface area contributed by atoms with Crippen LogP contribution in [0.4, 0.5) is 4.79 Å². The van der Waals surface area contributed by atoms with Crippen LogP contribution in [0.3, 0.4) is 0 Å². The van der Waals surface area contributed by atoms with Crippen molar-refractivity contribution in [2.24, 2.45) is 11.7 Å². The van der Waals surface area contributed by atoms with E-state index in [1.165, 1.54) is 0 Å². The average molecular weight is 322 g/mol. The van der Waals surface area contributed by atoms with Crippen molar-refractivity contribution in [1.82, 2.24) is 5.32 Å². The molecule has 0 heterocycles. The van der Waals surface area contributed by atoms with Gasteiger partial charge in [-0.2, -0.15) is 0 Å². The lowest BCUT2D eigenvalue weighted by molar-refractivity contribution is -0.139. The molecule has 7 heteroatoms. The molecule has 4 N–H and O–H groups in total. The number of carbonyl (C=O) groups excluding carboxylic acids is 2. The fourth-order valence-electron chi connectivity index (χ4n) is 2.02. The third-order valence-corrected chi connectivity index (χ3v) is 3.19. The molecule has 0 aliphatic rings. The lowest BCUT2D eigenvalue weighted by Crippen LogP contribution is -2.34. The van der Waals surface area contributed by atoms with E-state index in [1.54, 1.807) is 6.92 Å². The summed E-state index contributed by atoms with van der Waals surface area (Å²) < 4.78 is 4.98. The number of carboxylic acids is 1. The second-order valence-electron chi connectivity index (χ2n) is 5.44. The van der Waals surface area contributed by atoms with Crippen molar-refractivity contribution in [3.05, 3.63) is 35.9 Å². The zero-order valence-corrected chi connectivity index (χ0v) is 13.0. The van der Waals surface area contributed by atoms with Gasteiger partial charge in [-0.1, -0.05) is 37.3 Å². The van der Waals surface area contributed by atoms with Crippen LogP contribution in [-0.4, -0.2) is 35.5 Å². The highest BCUT2D eigenvalue weighted by Gasteiger charge is 2.18. The average Bonchev–Trinajstić information content (AvgIpc) is 2.51. The monoisotopic (exact) mass is 322 g/mol. The largest absolute Gasteiger partial charge is 0.480 e. The van der Waals surface area contributed by atoms with E-state index in [2.05, 4.69) is 5.32 Å². The van der Waals surface area contributed by atoms with Gasteiger partial charge in [0.1, 0.15) is 12.6 Å². The second kappa shape index (κ2) is 9.58. The molecule has 0 bridgehead atoms. The Morgan fingerprint density at radius 2 is 1.91 bits per heavy atom. The van der Waals surface area contributed by atoms with Crippen molar-refractivity contribution < 1.29 is 24.2 Å². The summed E-state index contributed by atoms with van der Waals surface area (Å²) in [4.78, 5) is 33.9. The van der Waals surface area contributed by atoms with Crippen molar-refractivity contribution in [3.8, 4) is 0 Å². The summed E-state index contributed by atoms with van der Waals surface area (Å²) in [5, 5.41) is 11.1. The number of hydrogen-bond acceptors (Lipinski definition) is 5. The molecule has 1 aromatic carbocycles. The van der Waals surface area contributed by atoms with Crippen LogP contribution in [0.15, 0.2) is 30.3 Å². The lowest BCUT2D eigenvalue weighted by Gasteiger charge is -2.13. The van der Waals surface area contributed by atoms with Crippen LogP contribution in [0, 0.1) is 5.92 Å². The van der Waals surface area contributed by atoms with Crippen LogP contribution in [0.25, 0.3) is 0 Å². The van der Waals surface area contributed by atoms with Gasteiger partial charge in [0, 0.05) is 6.42 Å². The molecule has 1 rings (SSSR count). The van der Waals surface area contributed by atoms with E-state index in [9.17, 15) is 14.4 Å². The number of alkyl carbamates (subject to hydrolysis) is 1. The Balaban J connectivity index is 2.22. The van der Waals surface area contributed by atoms with Crippen molar-refractivity contribution >= 4 is 17.8 Å². The summed E-state index contributed by atoms with van der Waals surface area (Å²) in [6.45, 7) is 1.72. The summed E-state index contributed by atoms with van der Waals surface area (Å²) in [5.41, 5.74) is 6.26. The topological polar surface area (TPSA) is 119 Å². The van der Waals surface area contributed by atoms with Crippen molar-refractivity contribution in [1.29, 1.82) is 0 Å². The molecule has 0 aliphatic heterocycles. The Morgan fingerprint density at radius 3 is 2.52 bits per heavy atom. The molecular formula is C16H22N2O5. The molecule has 2 atom stereocenters. The quantitative estimate of drug-likeness (QED) is 0.631. The number of hydrogen-bond donors (Lipinski definition) is 3. The number of ketones is 1. The molecule has 0 saturated carbocycles. The maximum absolute atomic E-state index is 11.7. The first-order chi connectivity index (χ1) is 10.9. The van der Waals surface area contributed by atoms with Crippen molar-refractivity contribution in [2.75, 3.05) is 6.54 Å². The van der Waals surface area contributed by atoms with Crippen LogP contribution in [0.5, 0.6) is 0 Å². The maximum atomic E-state index is 11.7. The van der Waals surface area contributed by atoms with Crippen molar-refractivity contribution in [2.45, 2.75) is 32.4 Å². The number of benzene rings is 1. The molecule has 1 aromatic rings. The molecule has 23 heavy (non-hydrogen) atoms. The number of carboxylic acid groups (broad SMARTS) is 1. The molecule has 0 aromatic heterocycles. The molecule has 1 amide bonds. The Hall–Kier alpha value is -2.41. The SMILES string of the molecule is CC(CC(=O)CNC(=O)OCc1ccccc1)C[C@H](N)C(=O)O. The first-order valence-electron chi connectivity index (χ1n) is 7.33. The zero-order valence-electron chi connectivity index (χ0n) is 13.0. The number of nitrogens with two attached hydrogens (primary N) is 1. The van der Waals surface area contributed by atoms with Gasteiger partial charge in [-0.05, 0) is 17.9 Å². The fourth-order valence-corrected chi connectivity index (χ4v) is 2.02. The maximum Gasteiger partial charge on any atom is 0.407 e. The first-order valence-corrected chi connectivity index (χ1v) is 7.33. The van der Waals surface area contributed by atoms with Crippen LogP contribution >= 0.6 is 0 Å². The number of nitrogens with one attached hydrogen (secondary N) is 1. The third kappa shape index (κ3) is 7.96. The van der Waals surface area contributed by atoms with E-state index in [0.717, 1.165) is 5.56 Å². The number of aliphatic carboxylic acids is 1. The minimum Gasteiger partial charge on any atom is -0.480 e. The number of ether oxygens (including phenoxy) is 1. The molecular weight excluding hydrogens is 300 g/mol. The molecule has 126 valence electrons. The Kier molecular flexibility index (Phi) is 7.76. The summed E-state index contributed by atoms with van der Waals surface area (Å²) in [5.74, 6) is -1.46. The van der Waals surface area contributed by atoms with Crippen LogP contribution < -0.4 is 11.1 Å². The highest BCUT2D eigenvalue weighted by Crippen LogP contribution is 2.10. The molecule has 0 aliphatic carbocycles. The van der Waals surface area contributed by atoms with Gasteiger partial charge in [-0.15, -0.1) is 0 Å². The number of carbonyl (C=O) groups is 3. The number of rotatable bonds is 9. The van der Waals surface area contributed by atoms with Crippen molar-refractivity contribution in [3.63, 3.8) is 0 Å². The molecule has 7 nitrogen and oxygen atoms in total. The molecule has 1 unspecified atom stereocenters. The van der Waals surface area contributed by atoms with Gasteiger partial charge in [-0.3, -0.25) is 9.59 Å². The molecule has 0 fully saturated rings. The summed E-state index contributed by atoms with van der Waals surface area (Å²) in [6.07, 6.45) is -0.309. The van der Waals surface area contributed by atoms with E-state index >= 15 is 0 Å². The predicted octanol–water partition coefficient (Wildman–Crippen LogP) is 1.31. The number of Topliss-reactive ketones (excluding diaryl/α,β-unsaturated/α-hetero) is 1. The van der Waals surface area contributed by atoms with E-state index in [-0.39, 0.29) is 37.7 Å². The second-order valence-corrected chi connectivity index (χ2v) is 5.44. The third-order valence-electron chi connectivity index (χ3n) is 3.19. The minimum absolute atomic E-state index is 0.130. The summed E-state index contributed by atoms with van der Waals surface area (Å²) >= 11 is 0. The van der Waals surface area contributed by atoms with E-state index in [1.807, 2.05) is 30.3 Å². The Morgan fingerprint density at radius 1 is 1.26 bits per heavy atom. The molecule has 0 saturated heterocycles. The molecule has 0 spiro atoms. The Bertz CT molecular complexity index is 533. The fraction of sp³-hybridized carbons (Fsp3) is 0.438. The zero-order chi connectivity index (χ0) is 17.2. The van der Waals surface area contributed by atoms with Gasteiger partial charge in [0.25, 0.3) is 0 Å². The van der Waals surface area contributed by atoms with E-state index in [0.29, 0.717) is 0 Å². The van der Waals surface area contributed by atoms with Gasteiger partial charge in [0.2, 0.25) is 0 Å². The number of amides is 1. The van der Waals surface area contributed by atoms with Gasteiger partial charge in [0.15, 0.2) is 5.78 Å². The predicted molar refractivity (Wildman–Crippen MR) is 83.6 cm³/mol. The smallest absolute Gasteiger partial charge is 0.407 e. The summed E-state index contributed by atoms with van der Waals surface area (Å²) in [7, 11) is 0. The summed E-state index contributed by atoms with van der Waals surface area (Å²) in [6, 6.07) is 8.20. The highest BCUT2D eigenvalue weighted by molar-refractivity contribution is 5.84. The molecule has 0 radical (unpaired) electrons. The van der Waals surface area contributed by atoms with Crippen LogP contribution in [0.2, 0.25) is 0 Å². The standard InChI is InChI=1S/C16H22N2O5/c1-11(8-14(17)15(20)21)7-13(19)9-18-16(22)23-10-12-5-3-2-4-6-12/h2-6,11,14H,7-10,17H2,1H3,(H,18,22)(H,20,21)/t11?,14-/m0/s1. The van der Waals surface area contributed by atoms with Gasteiger partial charge in [0.05, 0.1) is 6.54 Å². The van der Waals surface area contributed by atoms with Crippen LogP contribution in [0.1, 0.15) is 25.3 Å². The van der Waals surface area contributed by atoms with Crippen LogP contribution in [-0.2, 0) is 20.9 Å². The first kappa shape index (κ1) is 18.6. The minimum atomic E-state index is -1.09.